The van der Waals surface area contributed by atoms with Crippen LogP contribution in [0.5, 0.6) is 23.0 Å². The van der Waals surface area contributed by atoms with Gasteiger partial charge in [0.2, 0.25) is 0 Å². The van der Waals surface area contributed by atoms with E-state index < -0.39 is 0 Å². The van der Waals surface area contributed by atoms with E-state index in [1.54, 1.807) is 14.2 Å². The van der Waals surface area contributed by atoms with Crippen LogP contribution in [0.25, 0.3) is 12.2 Å². The molecule has 2 aliphatic heterocycles. The van der Waals surface area contributed by atoms with Crippen molar-refractivity contribution in [2.24, 2.45) is 0 Å². The summed E-state index contributed by atoms with van der Waals surface area (Å²) in [4.78, 5) is 0. The van der Waals surface area contributed by atoms with E-state index in [1.165, 1.54) is 0 Å². The average Bonchev–Trinajstić information content (AvgIpc) is 3.64. The molecule has 0 N–H and O–H groups in total. The first-order valence-electron chi connectivity index (χ1n) is 9.28. The van der Waals surface area contributed by atoms with Crippen molar-refractivity contribution in [3.8, 4) is 23.0 Å². The summed E-state index contributed by atoms with van der Waals surface area (Å²) in [5.74, 6) is 2.84. The van der Waals surface area contributed by atoms with Crippen molar-refractivity contribution in [3.63, 3.8) is 0 Å². The molecule has 0 radical (unpaired) electrons. The zero-order chi connectivity index (χ0) is 19.3. The Kier molecular flexibility index (Phi) is 5.69. The van der Waals surface area contributed by atoms with Crippen molar-refractivity contribution in [1.82, 2.24) is 0 Å². The molecule has 0 bridgehead atoms. The zero-order valence-electron chi connectivity index (χ0n) is 16.1. The number of rotatable bonds is 10. The van der Waals surface area contributed by atoms with Crippen molar-refractivity contribution < 1.29 is 28.4 Å². The second kappa shape index (κ2) is 8.54. The molecule has 6 nitrogen and oxygen atoms in total. The predicted octanol–water partition coefficient (Wildman–Crippen LogP) is 3.43. The third-order valence-corrected chi connectivity index (χ3v) is 4.50. The first kappa shape index (κ1) is 18.7. The average molecular weight is 384 g/mol. The van der Waals surface area contributed by atoms with Crippen LogP contribution in [-0.4, -0.2) is 52.9 Å². The van der Waals surface area contributed by atoms with Crippen molar-refractivity contribution in [3.05, 3.63) is 47.5 Å². The smallest absolute Gasteiger partial charge is 0.161 e. The number of epoxide rings is 2. The van der Waals surface area contributed by atoms with Crippen LogP contribution in [-0.2, 0) is 9.47 Å². The SMILES string of the molecule is COc1cc(/C=C/c2ccc(OCC3CO3)c(OC)c2)ccc1OCC1CO1. The maximum absolute atomic E-state index is 5.74. The molecule has 2 saturated heterocycles. The third-order valence-electron chi connectivity index (χ3n) is 4.50. The van der Waals surface area contributed by atoms with Gasteiger partial charge in [-0.15, -0.1) is 0 Å². The minimum Gasteiger partial charge on any atom is -0.493 e. The minimum absolute atomic E-state index is 0.211. The van der Waals surface area contributed by atoms with Crippen LogP contribution < -0.4 is 18.9 Å². The maximum Gasteiger partial charge on any atom is 0.161 e. The fraction of sp³-hybridized carbons (Fsp3) is 0.364. The zero-order valence-corrected chi connectivity index (χ0v) is 16.1. The van der Waals surface area contributed by atoms with Gasteiger partial charge in [-0.2, -0.15) is 0 Å². The maximum atomic E-state index is 5.74. The molecule has 2 atom stereocenters. The van der Waals surface area contributed by atoms with Gasteiger partial charge < -0.3 is 28.4 Å². The molecular weight excluding hydrogens is 360 g/mol. The van der Waals surface area contributed by atoms with E-state index in [-0.39, 0.29) is 12.2 Å². The first-order valence-corrected chi connectivity index (χ1v) is 9.28. The Morgan fingerprint density at radius 2 is 1.18 bits per heavy atom. The van der Waals surface area contributed by atoms with Crippen molar-refractivity contribution in [1.29, 1.82) is 0 Å². The summed E-state index contributed by atoms with van der Waals surface area (Å²) in [7, 11) is 3.28. The van der Waals surface area contributed by atoms with Gasteiger partial charge in [0.25, 0.3) is 0 Å². The number of hydrogen-bond acceptors (Lipinski definition) is 6. The van der Waals surface area contributed by atoms with Gasteiger partial charge in [-0.05, 0) is 35.4 Å². The van der Waals surface area contributed by atoms with Crippen molar-refractivity contribution >= 4 is 12.2 Å². The quantitative estimate of drug-likeness (QED) is 0.462. The fourth-order valence-corrected chi connectivity index (χ4v) is 2.70. The molecule has 0 aromatic heterocycles. The van der Waals surface area contributed by atoms with Crippen LogP contribution in [0, 0.1) is 0 Å². The molecule has 0 spiro atoms. The summed E-state index contributed by atoms with van der Waals surface area (Å²) < 4.78 is 32.7. The number of hydrogen-bond donors (Lipinski definition) is 0. The summed E-state index contributed by atoms with van der Waals surface area (Å²) >= 11 is 0. The van der Waals surface area contributed by atoms with Crippen LogP contribution in [0.1, 0.15) is 11.1 Å². The highest BCUT2D eigenvalue weighted by Crippen LogP contribution is 2.31. The summed E-state index contributed by atoms with van der Waals surface area (Å²) in [5.41, 5.74) is 2.02. The normalized spacial score (nSPS) is 20.1. The third kappa shape index (κ3) is 4.97. The molecule has 6 heteroatoms. The summed E-state index contributed by atoms with van der Waals surface area (Å²) in [5, 5.41) is 0. The van der Waals surface area contributed by atoms with E-state index in [0.717, 1.165) is 35.8 Å². The van der Waals surface area contributed by atoms with E-state index in [0.29, 0.717) is 24.7 Å². The Bertz CT molecular complexity index is 769. The number of methoxy groups -OCH3 is 2. The van der Waals surface area contributed by atoms with E-state index in [4.69, 9.17) is 28.4 Å². The van der Waals surface area contributed by atoms with Crippen molar-refractivity contribution in [2.75, 3.05) is 40.6 Å². The van der Waals surface area contributed by atoms with E-state index >= 15 is 0 Å². The topological polar surface area (TPSA) is 62.0 Å². The van der Waals surface area contributed by atoms with Gasteiger partial charge in [0.05, 0.1) is 27.4 Å². The highest BCUT2D eigenvalue weighted by atomic mass is 16.6. The molecule has 2 aliphatic rings. The molecule has 28 heavy (non-hydrogen) atoms. The van der Waals surface area contributed by atoms with Gasteiger partial charge >= 0.3 is 0 Å². The van der Waals surface area contributed by atoms with Gasteiger partial charge in [0, 0.05) is 0 Å². The molecule has 2 unspecified atom stereocenters. The Labute approximate surface area is 164 Å². The van der Waals surface area contributed by atoms with Crippen LogP contribution in [0.4, 0.5) is 0 Å². The Balaban J connectivity index is 1.43. The van der Waals surface area contributed by atoms with Gasteiger partial charge in [-0.3, -0.25) is 0 Å². The Morgan fingerprint density at radius 1 is 0.750 bits per heavy atom. The number of benzene rings is 2. The molecule has 2 heterocycles. The summed E-state index contributed by atoms with van der Waals surface area (Å²) in [6, 6.07) is 11.7. The fourth-order valence-electron chi connectivity index (χ4n) is 2.70. The molecule has 2 aromatic carbocycles. The second-order valence-electron chi connectivity index (χ2n) is 6.69. The molecule has 2 fully saturated rings. The van der Waals surface area contributed by atoms with Gasteiger partial charge in [0.15, 0.2) is 23.0 Å². The van der Waals surface area contributed by atoms with E-state index in [2.05, 4.69) is 0 Å². The highest BCUT2D eigenvalue weighted by Gasteiger charge is 2.24. The summed E-state index contributed by atoms with van der Waals surface area (Å²) in [6.07, 6.45) is 4.46. The highest BCUT2D eigenvalue weighted by molar-refractivity contribution is 5.72. The lowest BCUT2D eigenvalue weighted by Gasteiger charge is -2.11. The van der Waals surface area contributed by atoms with E-state index in [9.17, 15) is 0 Å². The lowest BCUT2D eigenvalue weighted by Crippen LogP contribution is -2.05. The van der Waals surface area contributed by atoms with Crippen LogP contribution in [0.3, 0.4) is 0 Å². The van der Waals surface area contributed by atoms with Crippen LogP contribution in [0.15, 0.2) is 36.4 Å². The minimum atomic E-state index is 0.211. The standard InChI is InChI=1S/C22H24O6/c1-23-21-9-15(5-7-19(21)27-13-17-11-25-17)3-4-16-6-8-20(22(10-16)24-2)28-14-18-12-26-18/h3-10,17-18H,11-14H2,1-2H3/b4-3+. The molecule has 2 aromatic rings. The first-order chi connectivity index (χ1) is 13.7. The Morgan fingerprint density at radius 3 is 1.54 bits per heavy atom. The lowest BCUT2D eigenvalue weighted by molar-refractivity contribution is 0.252. The van der Waals surface area contributed by atoms with Crippen LogP contribution in [0.2, 0.25) is 0 Å². The van der Waals surface area contributed by atoms with Crippen molar-refractivity contribution in [2.45, 2.75) is 12.2 Å². The van der Waals surface area contributed by atoms with Gasteiger partial charge in [-0.1, -0.05) is 24.3 Å². The second-order valence-corrected chi connectivity index (χ2v) is 6.69. The monoisotopic (exact) mass is 384 g/mol. The lowest BCUT2D eigenvalue weighted by atomic mass is 10.1. The predicted molar refractivity (Wildman–Crippen MR) is 105 cm³/mol. The van der Waals surface area contributed by atoms with Gasteiger partial charge in [0.1, 0.15) is 25.4 Å². The summed E-state index contributed by atoms with van der Waals surface area (Å²) in [6.45, 7) is 2.63. The molecule has 0 aliphatic carbocycles. The van der Waals surface area contributed by atoms with E-state index in [1.807, 2.05) is 48.6 Å². The molecule has 148 valence electrons. The van der Waals surface area contributed by atoms with Gasteiger partial charge in [-0.25, -0.2) is 0 Å². The molecule has 4 rings (SSSR count). The molecular formula is C22H24O6. The Hall–Kier alpha value is -2.70. The largest absolute Gasteiger partial charge is 0.493 e. The molecule has 0 saturated carbocycles. The van der Waals surface area contributed by atoms with Crippen LogP contribution >= 0.6 is 0 Å². The molecule has 0 amide bonds. The number of ether oxygens (including phenoxy) is 6.